The molecule has 0 fully saturated rings. The maximum Gasteiger partial charge on any atom is 0.329 e. The van der Waals surface area contributed by atoms with Crippen molar-refractivity contribution in [1.82, 2.24) is 5.43 Å². The van der Waals surface area contributed by atoms with Crippen molar-refractivity contribution < 1.29 is 19.4 Å². The van der Waals surface area contributed by atoms with Crippen LogP contribution in [-0.4, -0.2) is 29.7 Å². The predicted molar refractivity (Wildman–Crippen MR) is 100 cm³/mol. The van der Waals surface area contributed by atoms with Crippen LogP contribution in [0.2, 0.25) is 10.0 Å². The first-order chi connectivity index (χ1) is 12.4. The summed E-state index contributed by atoms with van der Waals surface area (Å²) in [5.74, 6) is -1.66. The lowest BCUT2D eigenvalue weighted by Gasteiger charge is -2.07. The number of ether oxygens (including phenoxy) is 1. The van der Waals surface area contributed by atoms with Gasteiger partial charge in [-0.1, -0.05) is 23.2 Å². The molecule has 0 radical (unpaired) electrons. The van der Waals surface area contributed by atoms with E-state index in [4.69, 9.17) is 27.9 Å². The molecule has 2 amide bonds. The molecule has 0 aromatic heterocycles. The molecule has 9 heteroatoms. The van der Waals surface area contributed by atoms with E-state index in [0.717, 1.165) is 0 Å². The number of phenols is 1. The van der Waals surface area contributed by atoms with Crippen LogP contribution in [0.25, 0.3) is 0 Å². The molecule has 0 bridgehead atoms. The number of nitrogens with zero attached hydrogens (tertiary/aromatic N) is 1. The first-order valence-electron chi connectivity index (χ1n) is 7.46. The fourth-order valence-electron chi connectivity index (χ4n) is 1.87. The molecular weight excluding hydrogens is 381 g/mol. The largest absolute Gasteiger partial charge is 0.504 e. The Hall–Kier alpha value is -2.77. The number of anilines is 1. The van der Waals surface area contributed by atoms with Crippen LogP contribution in [0.15, 0.2) is 41.5 Å². The van der Waals surface area contributed by atoms with Crippen LogP contribution in [-0.2, 0) is 9.59 Å². The van der Waals surface area contributed by atoms with Crippen molar-refractivity contribution in [3.8, 4) is 11.5 Å². The fourth-order valence-corrected chi connectivity index (χ4v) is 2.21. The molecule has 0 aliphatic carbocycles. The van der Waals surface area contributed by atoms with E-state index in [9.17, 15) is 14.7 Å². The highest BCUT2D eigenvalue weighted by atomic mass is 35.5. The molecule has 0 heterocycles. The molecule has 7 nitrogen and oxygen atoms in total. The SMILES string of the molecule is CCOc1cc(/C=N/NC(=O)C(=O)Nc2cc(Cl)ccc2Cl)ccc1O. The first-order valence-corrected chi connectivity index (χ1v) is 8.21. The molecule has 0 saturated heterocycles. The maximum absolute atomic E-state index is 11.9. The van der Waals surface area contributed by atoms with Gasteiger partial charge in [-0.05, 0) is 48.9 Å². The molecule has 0 saturated carbocycles. The van der Waals surface area contributed by atoms with Gasteiger partial charge in [0, 0.05) is 5.02 Å². The number of benzene rings is 2. The van der Waals surface area contributed by atoms with E-state index >= 15 is 0 Å². The number of rotatable bonds is 5. The van der Waals surface area contributed by atoms with Crippen molar-refractivity contribution in [1.29, 1.82) is 0 Å². The van der Waals surface area contributed by atoms with Gasteiger partial charge in [0.1, 0.15) is 0 Å². The van der Waals surface area contributed by atoms with Crippen molar-refractivity contribution >= 4 is 46.9 Å². The van der Waals surface area contributed by atoms with Gasteiger partial charge in [-0.3, -0.25) is 9.59 Å². The summed E-state index contributed by atoms with van der Waals surface area (Å²) in [5, 5.41) is 16.3. The smallest absolute Gasteiger partial charge is 0.329 e. The topological polar surface area (TPSA) is 100 Å². The Kier molecular flexibility index (Phi) is 6.82. The van der Waals surface area contributed by atoms with Crippen LogP contribution < -0.4 is 15.5 Å². The summed E-state index contributed by atoms with van der Waals surface area (Å²) in [5.41, 5.74) is 2.86. The van der Waals surface area contributed by atoms with Gasteiger partial charge in [0.2, 0.25) is 0 Å². The Balaban J connectivity index is 1.97. The molecule has 26 heavy (non-hydrogen) atoms. The third-order valence-electron chi connectivity index (χ3n) is 3.05. The minimum absolute atomic E-state index is 0.00851. The van der Waals surface area contributed by atoms with Gasteiger partial charge < -0.3 is 15.2 Å². The summed E-state index contributed by atoms with van der Waals surface area (Å²) >= 11 is 11.7. The summed E-state index contributed by atoms with van der Waals surface area (Å²) in [6, 6.07) is 9.01. The second-order valence-electron chi connectivity index (χ2n) is 4.94. The Labute approximate surface area is 159 Å². The summed E-state index contributed by atoms with van der Waals surface area (Å²) < 4.78 is 5.24. The van der Waals surface area contributed by atoms with E-state index in [1.807, 2.05) is 0 Å². The predicted octanol–water partition coefficient (Wildman–Crippen LogP) is 3.19. The van der Waals surface area contributed by atoms with Crippen molar-refractivity contribution in [2.75, 3.05) is 11.9 Å². The molecule has 3 N–H and O–H groups in total. The van der Waals surface area contributed by atoms with Crippen LogP contribution in [0, 0.1) is 0 Å². The molecule has 0 aliphatic rings. The molecule has 2 rings (SSSR count). The zero-order valence-corrected chi connectivity index (χ0v) is 15.1. The Bertz CT molecular complexity index is 856. The third-order valence-corrected chi connectivity index (χ3v) is 3.61. The number of amides is 2. The monoisotopic (exact) mass is 395 g/mol. The van der Waals surface area contributed by atoms with Crippen molar-refractivity contribution in [2.45, 2.75) is 6.92 Å². The van der Waals surface area contributed by atoms with Gasteiger partial charge in [-0.15, -0.1) is 0 Å². The lowest BCUT2D eigenvalue weighted by Crippen LogP contribution is -2.32. The third kappa shape index (κ3) is 5.37. The number of hydrogen-bond acceptors (Lipinski definition) is 5. The molecule has 0 spiro atoms. The Morgan fingerprint density at radius 1 is 1.19 bits per heavy atom. The van der Waals surface area contributed by atoms with Gasteiger partial charge in [-0.2, -0.15) is 5.10 Å². The average molecular weight is 396 g/mol. The number of carbonyl (C=O) groups is 2. The van der Waals surface area contributed by atoms with Crippen LogP contribution >= 0.6 is 23.2 Å². The van der Waals surface area contributed by atoms with E-state index in [1.54, 1.807) is 25.1 Å². The van der Waals surface area contributed by atoms with Gasteiger partial charge in [0.05, 0.1) is 23.5 Å². The summed E-state index contributed by atoms with van der Waals surface area (Å²) in [4.78, 5) is 23.6. The van der Waals surface area contributed by atoms with Crippen molar-refractivity contribution in [3.63, 3.8) is 0 Å². The molecule has 2 aromatic carbocycles. The summed E-state index contributed by atoms with van der Waals surface area (Å²) in [6.45, 7) is 2.17. The standard InChI is InChI=1S/C17H15Cl2N3O4/c1-2-26-15-7-10(3-6-14(15)23)9-20-22-17(25)16(24)21-13-8-11(18)4-5-12(13)19/h3-9,23H,2H2,1H3,(H,21,24)(H,22,25)/b20-9+. The Morgan fingerprint density at radius 2 is 1.96 bits per heavy atom. The minimum atomic E-state index is -0.985. The minimum Gasteiger partial charge on any atom is -0.504 e. The summed E-state index contributed by atoms with van der Waals surface area (Å²) in [7, 11) is 0. The van der Waals surface area contributed by atoms with Crippen molar-refractivity contribution in [2.24, 2.45) is 5.10 Å². The molecule has 136 valence electrons. The van der Waals surface area contributed by atoms with Crippen LogP contribution in [0.3, 0.4) is 0 Å². The van der Waals surface area contributed by atoms with Crippen LogP contribution in [0.4, 0.5) is 5.69 Å². The van der Waals surface area contributed by atoms with Crippen LogP contribution in [0.5, 0.6) is 11.5 Å². The second kappa shape index (κ2) is 9.07. The number of aromatic hydroxyl groups is 1. The second-order valence-corrected chi connectivity index (χ2v) is 5.78. The zero-order valence-electron chi connectivity index (χ0n) is 13.6. The van der Waals surface area contributed by atoms with Gasteiger partial charge in [0.15, 0.2) is 11.5 Å². The van der Waals surface area contributed by atoms with E-state index in [-0.39, 0.29) is 22.2 Å². The lowest BCUT2D eigenvalue weighted by molar-refractivity contribution is -0.136. The number of hydrazone groups is 1. The number of halogens is 2. The van der Waals surface area contributed by atoms with Crippen LogP contribution in [0.1, 0.15) is 12.5 Å². The zero-order chi connectivity index (χ0) is 19.1. The lowest BCUT2D eigenvalue weighted by atomic mass is 10.2. The normalized spacial score (nSPS) is 10.6. The highest BCUT2D eigenvalue weighted by Gasteiger charge is 2.14. The highest BCUT2D eigenvalue weighted by Crippen LogP contribution is 2.26. The molecule has 0 unspecified atom stereocenters. The van der Waals surface area contributed by atoms with E-state index in [1.165, 1.54) is 24.4 Å². The van der Waals surface area contributed by atoms with Gasteiger partial charge in [-0.25, -0.2) is 5.43 Å². The summed E-state index contributed by atoms with van der Waals surface area (Å²) in [6.07, 6.45) is 1.31. The number of phenolic OH excluding ortho intramolecular Hbond substituents is 1. The number of carbonyl (C=O) groups excluding carboxylic acids is 2. The van der Waals surface area contributed by atoms with E-state index in [0.29, 0.717) is 17.2 Å². The van der Waals surface area contributed by atoms with Gasteiger partial charge >= 0.3 is 11.8 Å². The molecule has 0 aliphatic heterocycles. The van der Waals surface area contributed by atoms with Crippen molar-refractivity contribution in [3.05, 3.63) is 52.0 Å². The number of hydrogen-bond donors (Lipinski definition) is 3. The quantitative estimate of drug-likeness (QED) is 0.411. The molecule has 0 atom stereocenters. The van der Waals surface area contributed by atoms with E-state index in [2.05, 4.69) is 15.8 Å². The molecule has 2 aromatic rings. The molecular formula is C17H15Cl2N3O4. The first kappa shape index (κ1) is 19.6. The van der Waals surface area contributed by atoms with Gasteiger partial charge in [0.25, 0.3) is 0 Å². The maximum atomic E-state index is 11.9. The van der Waals surface area contributed by atoms with E-state index < -0.39 is 11.8 Å². The fraction of sp³-hybridized carbons (Fsp3) is 0.118. The average Bonchev–Trinajstić information content (AvgIpc) is 2.61. The Morgan fingerprint density at radius 3 is 2.69 bits per heavy atom. The number of nitrogens with one attached hydrogen (secondary N) is 2. The highest BCUT2D eigenvalue weighted by molar-refractivity contribution is 6.42.